The molecule has 1 atom stereocenters. The molecule has 1 aliphatic rings. The first-order valence-corrected chi connectivity index (χ1v) is 12.9. The van der Waals surface area contributed by atoms with Crippen LogP contribution in [0.3, 0.4) is 0 Å². The summed E-state index contributed by atoms with van der Waals surface area (Å²) < 4.78 is 16.2. The van der Waals surface area contributed by atoms with Gasteiger partial charge < -0.3 is 34.3 Å². The Hall–Kier alpha value is -4.92. The van der Waals surface area contributed by atoms with Crippen molar-refractivity contribution in [3.8, 4) is 23.0 Å². The Balaban J connectivity index is 1.59. The Bertz CT molecular complexity index is 1620. The Kier molecular flexibility index (Phi) is 7.37. The predicted octanol–water partition coefficient (Wildman–Crippen LogP) is 4.95. The molecule has 0 aliphatic carbocycles. The number of carbonyl (C=O) groups is 2. The van der Waals surface area contributed by atoms with Crippen LogP contribution in [0.5, 0.6) is 23.0 Å². The average molecular weight is 543 g/mol. The van der Waals surface area contributed by atoms with Crippen molar-refractivity contribution in [1.82, 2.24) is 9.88 Å². The zero-order chi connectivity index (χ0) is 28.4. The first-order valence-electron chi connectivity index (χ1n) is 12.9. The summed E-state index contributed by atoms with van der Waals surface area (Å²) in [6, 6.07) is 16.1. The highest BCUT2D eigenvalue weighted by Gasteiger charge is 2.46. The molecule has 3 N–H and O–H groups in total. The molecule has 9 heteroatoms. The van der Waals surface area contributed by atoms with Gasteiger partial charge in [-0.2, -0.15) is 0 Å². The lowest BCUT2D eigenvalue weighted by Crippen LogP contribution is -2.31. The van der Waals surface area contributed by atoms with E-state index in [9.17, 15) is 19.8 Å². The molecule has 0 unspecified atom stereocenters. The van der Waals surface area contributed by atoms with Crippen LogP contribution in [-0.2, 0) is 16.0 Å². The molecule has 3 aromatic carbocycles. The number of benzene rings is 3. The van der Waals surface area contributed by atoms with Gasteiger partial charge in [0.2, 0.25) is 0 Å². The molecule has 0 radical (unpaired) electrons. The lowest BCUT2D eigenvalue weighted by molar-refractivity contribution is -0.139. The number of carbonyl (C=O) groups excluding carboxylic acids is 2. The number of aromatic hydroxyl groups is 1. The Morgan fingerprint density at radius 1 is 1.00 bits per heavy atom. The highest BCUT2D eigenvalue weighted by molar-refractivity contribution is 6.46. The average Bonchev–Trinajstić information content (AvgIpc) is 3.49. The second-order valence-corrected chi connectivity index (χ2v) is 9.36. The molecule has 1 fully saturated rings. The number of aliphatic hydroxyl groups excluding tert-OH is 1. The summed E-state index contributed by atoms with van der Waals surface area (Å²) in [5.74, 6) is -0.478. The predicted molar refractivity (Wildman–Crippen MR) is 150 cm³/mol. The number of aromatic nitrogens is 1. The van der Waals surface area contributed by atoms with Crippen LogP contribution in [0.4, 0.5) is 0 Å². The second-order valence-electron chi connectivity index (χ2n) is 9.36. The summed E-state index contributed by atoms with van der Waals surface area (Å²) >= 11 is 0. The number of Topliss-reactive ketones (excluding diaryl/α,β-unsaturated/α-hetero) is 1. The summed E-state index contributed by atoms with van der Waals surface area (Å²) in [7, 11) is 3.10. The van der Waals surface area contributed by atoms with Crippen molar-refractivity contribution >= 4 is 28.4 Å². The molecule has 2 heterocycles. The van der Waals surface area contributed by atoms with Gasteiger partial charge in [0.15, 0.2) is 11.5 Å². The van der Waals surface area contributed by atoms with E-state index in [2.05, 4.69) is 4.98 Å². The number of H-pyrrole nitrogens is 1. The van der Waals surface area contributed by atoms with Gasteiger partial charge in [-0.15, -0.1) is 0 Å². The van der Waals surface area contributed by atoms with Crippen LogP contribution in [-0.4, -0.2) is 59.2 Å². The minimum absolute atomic E-state index is 0.0491. The number of fused-ring (bicyclic) bond motifs is 1. The van der Waals surface area contributed by atoms with Crippen LogP contribution >= 0.6 is 0 Å². The fraction of sp³-hybridized carbons (Fsp3) is 0.226. The number of rotatable bonds is 9. The molecule has 1 aromatic heterocycles. The molecule has 0 bridgehead atoms. The molecule has 1 aliphatic heterocycles. The number of phenols is 1. The maximum atomic E-state index is 13.5. The van der Waals surface area contributed by atoms with E-state index in [0.717, 1.165) is 16.5 Å². The molecule has 1 saturated heterocycles. The first-order chi connectivity index (χ1) is 19.4. The number of likely N-dealkylation sites (tertiary alicyclic amines) is 1. The maximum Gasteiger partial charge on any atom is 0.295 e. The van der Waals surface area contributed by atoms with Gasteiger partial charge in [0.25, 0.3) is 11.7 Å². The van der Waals surface area contributed by atoms with Gasteiger partial charge >= 0.3 is 0 Å². The zero-order valence-electron chi connectivity index (χ0n) is 22.4. The number of methoxy groups -OCH3 is 2. The lowest BCUT2D eigenvalue weighted by Gasteiger charge is -2.26. The molecule has 9 nitrogen and oxygen atoms in total. The number of ether oxygens (including phenoxy) is 3. The molecule has 40 heavy (non-hydrogen) atoms. The van der Waals surface area contributed by atoms with Crippen LogP contribution in [0.15, 0.2) is 72.4 Å². The van der Waals surface area contributed by atoms with Crippen molar-refractivity contribution in [3.05, 3.63) is 89.1 Å². The molecular weight excluding hydrogens is 512 g/mol. The minimum atomic E-state index is -0.911. The summed E-state index contributed by atoms with van der Waals surface area (Å²) in [6.07, 6.45) is 2.31. The van der Waals surface area contributed by atoms with E-state index in [4.69, 9.17) is 14.2 Å². The fourth-order valence-electron chi connectivity index (χ4n) is 5.09. The number of phenolic OH excluding ortho intramolecular Hbond substituents is 1. The molecule has 0 saturated carbocycles. The van der Waals surface area contributed by atoms with Crippen LogP contribution in [0.1, 0.15) is 29.7 Å². The SMILES string of the molecule is CCOc1cc([C@H]2C(=C(O)c3cccc(OC)c3)C(=O)C(=O)N2CCc2c[nH]c3ccc(OC)cc23)ccc1O. The highest BCUT2D eigenvalue weighted by Crippen LogP contribution is 2.42. The minimum Gasteiger partial charge on any atom is -0.507 e. The Morgan fingerprint density at radius 2 is 1.77 bits per heavy atom. The van der Waals surface area contributed by atoms with Crippen LogP contribution in [0.2, 0.25) is 0 Å². The third kappa shape index (κ3) is 4.82. The van der Waals surface area contributed by atoms with E-state index in [-0.39, 0.29) is 29.4 Å². The quantitative estimate of drug-likeness (QED) is 0.155. The van der Waals surface area contributed by atoms with Crippen LogP contribution in [0.25, 0.3) is 16.7 Å². The lowest BCUT2D eigenvalue weighted by atomic mass is 9.94. The van der Waals surface area contributed by atoms with Gasteiger partial charge in [-0.1, -0.05) is 18.2 Å². The molecule has 5 rings (SSSR count). The van der Waals surface area contributed by atoms with Gasteiger partial charge in [-0.25, -0.2) is 0 Å². The van der Waals surface area contributed by atoms with Gasteiger partial charge in [0, 0.05) is 29.2 Å². The van der Waals surface area contributed by atoms with Crippen molar-refractivity contribution in [2.45, 2.75) is 19.4 Å². The second kappa shape index (κ2) is 11.1. The third-order valence-electron chi connectivity index (χ3n) is 7.08. The fourth-order valence-corrected chi connectivity index (χ4v) is 5.09. The van der Waals surface area contributed by atoms with Gasteiger partial charge in [0.05, 0.1) is 32.4 Å². The standard InChI is InChI=1S/C31H30N2O7/c1-4-40-26-15-18(8-11-25(26)34)28-27(29(35)19-6-5-7-21(14-19)38-2)30(36)31(37)33(28)13-12-20-17-32-24-10-9-22(39-3)16-23(20)24/h5-11,14-17,28,32,34-35H,4,12-13H2,1-3H3/t28-/m0/s1. The van der Waals surface area contributed by atoms with Gasteiger partial charge in [0.1, 0.15) is 17.3 Å². The van der Waals surface area contributed by atoms with Crippen molar-refractivity contribution in [3.63, 3.8) is 0 Å². The summed E-state index contributed by atoms with van der Waals surface area (Å²) in [5, 5.41) is 22.6. The first kappa shape index (κ1) is 26.7. The number of aromatic amines is 1. The zero-order valence-corrected chi connectivity index (χ0v) is 22.4. The Morgan fingerprint density at radius 3 is 2.52 bits per heavy atom. The van der Waals surface area contributed by atoms with E-state index < -0.39 is 17.7 Å². The van der Waals surface area contributed by atoms with E-state index in [0.29, 0.717) is 35.7 Å². The van der Waals surface area contributed by atoms with E-state index >= 15 is 0 Å². The molecule has 1 amide bonds. The summed E-state index contributed by atoms with van der Waals surface area (Å²) in [4.78, 5) is 31.6. The van der Waals surface area contributed by atoms with Crippen LogP contribution < -0.4 is 14.2 Å². The normalized spacial score (nSPS) is 16.5. The van der Waals surface area contributed by atoms with Crippen molar-refractivity contribution in [2.75, 3.05) is 27.4 Å². The number of nitrogens with one attached hydrogen (secondary N) is 1. The maximum absolute atomic E-state index is 13.5. The van der Waals surface area contributed by atoms with Crippen molar-refractivity contribution in [2.24, 2.45) is 0 Å². The van der Waals surface area contributed by atoms with E-state index in [1.54, 1.807) is 50.4 Å². The number of nitrogens with zero attached hydrogens (tertiary/aromatic N) is 1. The monoisotopic (exact) mass is 542 g/mol. The van der Waals surface area contributed by atoms with Crippen molar-refractivity contribution in [1.29, 1.82) is 0 Å². The molecule has 4 aromatic rings. The number of aliphatic hydroxyl groups is 1. The summed E-state index contributed by atoms with van der Waals surface area (Å²) in [6.45, 7) is 2.29. The smallest absolute Gasteiger partial charge is 0.295 e. The number of ketones is 1. The third-order valence-corrected chi connectivity index (χ3v) is 7.08. The molecule has 0 spiro atoms. The molecular formula is C31H30N2O7. The number of hydrogen-bond donors (Lipinski definition) is 3. The van der Waals surface area contributed by atoms with E-state index in [1.165, 1.54) is 18.1 Å². The topological polar surface area (TPSA) is 121 Å². The largest absolute Gasteiger partial charge is 0.507 e. The Labute approximate surface area is 231 Å². The number of hydrogen-bond acceptors (Lipinski definition) is 7. The van der Waals surface area contributed by atoms with Crippen LogP contribution in [0, 0.1) is 0 Å². The van der Waals surface area contributed by atoms with Gasteiger partial charge in [-0.3, -0.25) is 9.59 Å². The van der Waals surface area contributed by atoms with E-state index in [1.807, 2.05) is 24.4 Å². The summed E-state index contributed by atoms with van der Waals surface area (Å²) in [5.41, 5.74) is 2.68. The van der Waals surface area contributed by atoms with Crippen molar-refractivity contribution < 1.29 is 34.0 Å². The number of amides is 1. The van der Waals surface area contributed by atoms with Gasteiger partial charge in [-0.05, 0) is 66.9 Å². The highest BCUT2D eigenvalue weighted by atomic mass is 16.5. The molecule has 206 valence electrons.